The molecule has 0 fully saturated rings. The van der Waals surface area contributed by atoms with Gasteiger partial charge in [0.1, 0.15) is 5.02 Å². The highest BCUT2D eigenvalue weighted by Gasteiger charge is 2.12. The fourth-order valence-corrected chi connectivity index (χ4v) is 3.02. The smallest absolute Gasteiger partial charge is 0.288 e. The summed E-state index contributed by atoms with van der Waals surface area (Å²) in [5.74, 6) is -0.638. The van der Waals surface area contributed by atoms with E-state index < -0.39 is 10.8 Å². The summed E-state index contributed by atoms with van der Waals surface area (Å²) >= 11 is 5.73. The van der Waals surface area contributed by atoms with Gasteiger partial charge in [0.05, 0.1) is 17.7 Å². The molecule has 8 nitrogen and oxygen atoms in total. The molecule has 0 saturated heterocycles. The molecule has 166 valence electrons. The molecule has 2 amide bonds. The van der Waals surface area contributed by atoms with Gasteiger partial charge in [-0.25, -0.2) is 5.43 Å². The normalized spacial score (nSPS) is 10.9. The number of carbonyl (C=O) groups is 2. The number of hydrazone groups is 1. The second-order valence-electron chi connectivity index (χ2n) is 7.12. The van der Waals surface area contributed by atoms with E-state index in [2.05, 4.69) is 22.8 Å². The van der Waals surface area contributed by atoms with Crippen LogP contribution in [-0.4, -0.2) is 29.5 Å². The Morgan fingerprint density at radius 2 is 1.70 bits per heavy atom. The van der Waals surface area contributed by atoms with Crippen molar-refractivity contribution in [2.45, 2.75) is 71.1 Å². The molecule has 0 spiro atoms. The molecule has 0 saturated carbocycles. The summed E-state index contributed by atoms with van der Waals surface area (Å²) in [6.45, 7) is 2.04. The highest BCUT2D eigenvalue weighted by Crippen LogP contribution is 2.24. The fraction of sp³-hybridized carbons (Fsp3) is 0.571. The van der Waals surface area contributed by atoms with Gasteiger partial charge in [-0.1, -0.05) is 76.0 Å². The Morgan fingerprint density at radius 3 is 2.33 bits per heavy atom. The molecule has 1 rings (SSSR count). The van der Waals surface area contributed by atoms with E-state index in [-0.39, 0.29) is 23.2 Å². The lowest BCUT2D eigenvalue weighted by Crippen LogP contribution is -2.34. The molecule has 0 aliphatic carbocycles. The number of hydrogen-bond acceptors (Lipinski definition) is 5. The highest BCUT2D eigenvalue weighted by molar-refractivity contribution is 6.32. The van der Waals surface area contributed by atoms with Crippen LogP contribution in [0, 0.1) is 10.1 Å². The standard InChI is InChI=1S/C21H31ClN4O4/c1-2-3-4-5-6-7-8-9-10-11-20(27)23-16-21(28)25-24-15-17-12-13-18(22)19(14-17)26(29)30/h12-15H,2-11,16H2,1H3,(H,23,27)(H,25,28)/b24-15-. The van der Waals surface area contributed by atoms with Crippen LogP contribution in [0.25, 0.3) is 0 Å². The first-order valence-corrected chi connectivity index (χ1v) is 10.8. The number of amides is 2. The summed E-state index contributed by atoms with van der Waals surface area (Å²) in [6.07, 6.45) is 12.3. The van der Waals surface area contributed by atoms with Gasteiger partial charge in [0.15, 0.2) is 0 Å². The minimum Gasteiger partial charge on any atom is -0.347 e. The summed E-state index contributed by atoms with van der Waals surface area (Å²) in [5.41, 5.74) is 2.44. The van der Waals surface area contributed by atoms with E-state index in [1.807, 2.05) is 0 Å². The molecule has 0 atom stereocenters. The number of carbonyl (C=O) groups excluding carboxylic acids is 2. The number of hydrogen-bond donors (Lipinski definition) is 2. The molecule has 2 N–H and O–H groups in total. The van der Waals surface area contributed by atoms with E-state index >= 15 is 0 Å². The largest absolute Gasteiger partial charge is 0.347 e. The van der Waals surface area contributed by atoms with Crippen LogP contribution in [0.3, 0.4) is 0 Å². The van der Waals surface area contributed by atoms with E-state index in [0.717, 1.165) is 19.3 Å². The van der Waals surface area contributed by atoms with Crippen molar-refractivity contribution in [2.24, 2.45) is 5.10 Å². The Morgan fingerprint density at radius 1 is 1.07 bits per heavy atom. The maximum absolute atomic E-state index is 11.8. The van der Waals surface area contributed by atoms with Gasteiger partial charge >= 0.3 is 0 Å². The number of nitrogens with one attached hydrogen (secondary N) is 2. The van der Waals surface area contributed by atoms with Crippen LogP contribution < -0.4 is 10.7 Å². The van der Waals surface area contributed by atoms with Gasteiger partial charge in [0, 0.05) is 18.1 Å². The average Bonchev–Trinajstić information content (AvgIpc) is 2.72. The number of halogens is 1. The highest BCUT2D eigenvalue weighted by atomic mass is 35.5. The van der Waals surface area contributed by atoms with Crippen LogP contribution in [-0.2, 0) is 9.59 Å². The third kappa shape index (κ3) is 11.5. The van der Waals surface area contributed by atoms with E-state index in [0.29, 0.717) is 12.0 Å². The number of nitro benzene ring substituents is 1. The molecule has 0 aliphatic rings. The topological polar surface area (TPSA) is 114 Å². The predicted molar refractivity (Wildman–Crippen MR) is 119 cm³/mol. The Balaban J connectivity index is 2.15. The monoisotopic (exact) mass is 438 g/mol. The molecule has 0 bridgehead atoms. The van der Waals surface area contributed by atoms with Gasteiger partial charge in [0.25, 0.3) is 11.6 Å². The number of benzene rings is 1. The first-order valence-electron chi connectivity index (χ1n) is 10.5. The van der Waals surface area contributed by atoms with Crippen molar-refractivity contribution in [1.29, 1.82) is 0 Å². The minimum atomic E-state index is -0.596. The average molecular weight is 439 g/mol. The zero-order valence-corrected chi connectivity index (χ0v) is 18.2. The van der Waals surface area contributed by atoms with Crippen molar-refractivity contribution in [1.82, 2.24) is 10.7 Å². The SMILES string of the molecule is CCCCCCCCCCCC(=O)NCC(=O)N/N=C\c1ccc(Cl)c([N+](=O)[O-])c1. The molecule has 0 heterocycles. The van der Waals surface area contributed by atoms with Crippen molar-refractivity contribution >= 4 is 35.3 Å². The van der Waals surface area contributed by atoms with Crippen molar-refractivity contribution in [2.75, 3.05) is 6.54 Å². The van der Waals surface area contributed by atoms with E-state index in [1.165, 1.54) is 62.9 Å². The van der Waals surface area contributed by atoms with Gasteiger partial charge in [-0.05, 0) is 12.5 Å². The summed E-state index contributed by atoms with van der Waals surface area (Å²) in [7, 11) is 0. The maximum Gasteiger partial charge on any atom is 0.288 e. The zero-order valence-electron chi connectivity index (χ0n) is 17.5. The lowest BCUT2D eigenvalue weighted by Gasteiger charge is -2.05. The molecule has 1 aromatic rings. The van der Waals surface area contributed by atoms with Crippen LogP contribution in [0.4, 0.5) is 5.69 Å². The summed E-state index contributed by atoms with van der Waals surface area (Å²) in [5, 5.41) is 17.2. The van der Waals surface area contributed by atoms with Gasteiger partial charge in [-0.2, -0.15) is 5.10 Å². The van der Waals surface area contributed by atoms with Gasteiger partial charge < -0.3 is 5.32 Å². The quantitative estimate of drug-likeness (QED) is 0.178. The number of nitro groups is 1. The Kier molecular flexibility index (Phi) is 13.1. The molecular formula is C21H31ClN4O4. The maximum atomic E-state index is 11.8. The summed E-state index contributed by atoms with van der Waals surface area (Å²) < 4.78 is 0. The third-order valence-electron chi connectivity index (χ3n) is 4.52. The Bertz CT molecular complexity index is 725. The minimum absolute atomic E-state index is 0.0240. The van der Waals surface area contributed by atoms with Crippen LogP contribution >= 0.6 is 11.6 Å². The van der Waals surface area contributed by atoms with Crippen LogP contribution in [0.1, 0.15) is 76.7 Å². The van der Waals surface area contributed by atoms with Crippen LogP contribution in [0.2, 0.25) is 5.02 Å². The summed E-state index contributed by atoms with van der Waals surface area (Å²) in [6, 6.07) is 4.18. The Hall–Kier alpha value is -2.48. The predicted octanol–water partition coefficient (Wildman–Crippen LogP) is 4.74. The van der Waals surface area contributed by atoms with Crippen molar-refractivity contribution in [3.63, 3.8) is 0 Å². The molecule has 9 heteroatoms. The molecule has 0 radical (unpaired) electrons. The van der Waals surface area contributed by atoms with E-state index in [4.69, 9.17) is 11.6 Å². The molecule has 30 heavy (non-hydrogen) atoms. The first kappa shape index (κ1) is 25.6. The molecule has 0 unspecified atom stereocenters. The fourth-order valence-electron chi connectivity index (χ4n) is 2.83. The number of nitrogens with zero attached hydrogens (tertiary/aromatic N) is 2. The molecule has 0 aliphatic heterocycles. The number of unbranched alkanes of at least 4 members (excludes halogenated alkanes) is 8. The van der Waals surface area contributed by atoms with Crippen molar-refractivity contribution in [3.05, 3.63) is 38.9 Å². The summed E-state index contributed by atoms with van der Waals surface area (Å²) in [4.78, 5) is 33.7. The van der Waals surface area contributed by atoms with E-state index in [1.54, 1.807) is 0 Å². The Labute approximate surface area is 182 Å². The van der Waals surface area contributed by atoms with E-state index in [9.17, 15) is 19.7 Å². The second-order valence-corrected chi connectivity index (χ2v) is 7.52. The van der Waals surface area contributed by atoms with Gasteiger partial charge in [-0.15, -0.1) is 0 Å². The van der Waals surface area contributed by atoms with Crippen molar-refractivity contribution < 1.29 is 14.5 Å². The van der Waals surface area contributed by atoms with Gasteiger partial charge in [-0.3, -0.25) is 19.7 Å². The van der Waals surface area contributed by atoms with Crippen LogP contribution in [0.15, 0.2) is 23.3 Å². The zero-order chi connectivity index (χ0) is 22.2. The first-order chi connectivity index (χ1) is 14.4. The van der Waals surface area contributed by atoms with Gasteiger partial charge in [0.2, 0.25) is 5.91 Å². The van der Waals surface area contributed by atoms with Crippen LogP contribution in [0.5, 0.6) is 0 Å². The number of rotatable bonds is 15. The molecular weight excluding hydrogens is 408 g/mol. The lowest BCUT2D eigenvalue weighted by atomic mass is 10.1. The second kappa shape index (κ2) is 15.4. The molecule has 1 aromatic carbocycles. The lowest BCUT2D eigenvalue weighted by molar-refractivity contribution is -0.384. The molecule has 0 aromatic heterocycles. The van der Waals surface area contributed by atoms with Crippen molar-refractivity contribution in [3.8, 4) is 0 Å². The third-order valence-corrected chi connectivity index (χ3v) is 4.84.